The predicted octanol–water partition coefficient (Wildman–Crippen LogP) is 1.58. The largest absolute Gasteiger partial charge is 0.496 e. The molecule has 2 N–H and O–H groups in total. The van der Waals surface area contributed by atoms with Crippen molar-refractivity contribution < 1.29 is 19.0 Å². The molecule has 1 aliphatic rings. The quantitative estimate of drug-likeness (QED) is 0.800. The maximum atomic E-state index is 12.4. The number of ether oxygens (including phenoxy) is 3. The van der Waals surface area contributed by atoms with Crippen molar-refractivity contribution in [3.8, 4) is 17.2 Å². The molecule has 0 bridgehead atoms. The van der Waals surface area contributed by atoms with Gasteiger partial charge in [0.05, 0.1) is 26.9 Å². The molecule has 1 aromatic rings. The average molecular weight is 308 g/mol. The van der Waals surface area contributed by atoms with E-state index in [4.69, 9.17) is 14.2 Å². The van der Waals surface area contributed by atoms with Crippen molar-refractivity contribution in [3.63, 3.8) is 0 Å². The Morgan fingerprint density at radius 3 is 2.45 bits per heavy atom. The van der Waals surface area contributed by atoms with E-state index in [9.17, 15) is 4.79 Å². The van der Waals surface area contributed by atoms with Gasteiger partial charge in [-0.05, 0) is 25.8 Å². The molecule has 0 unspecified atom stereocenters. The summed E-state index contributed by atoms with van der Waals surface area (Å²) in [6.07, 6.45) is 3.32. The molecule has 1 aliphatic heterocycles. The Morgan fingerprint density at radius 2 is 1.86 bits per heavy atom. The zero-order chi connectivity index (χ0) is 15.9. The summed E-state index contributed by atoms with van der Waals surface area (Å²) in [7, 11) is 4.61. The number of carbonyl (C=O) groups is 1. The molecule has 0 aromatic heterocycles. The lowest BCUT2D eigenvalue weighted by Crippen LogP contribution is -2.30. The number of nitrogens with one attached hydrogen (secondary N) is 2. The highest BCUT2D eigenvalue weighted by Gasteiger charge is 2.18. The summed E-state index contributed by atoms with van der Waals surface area (Å²) in [4.78, 5) is 12.4. The molecule has 6 heteroatoms. The predicted molar refractivity (Wildman–Crippen MR) is 84.1 cm³/mol. The topological polar surface area (TPSA) is 68.8 Å². The molecular formula is C16H24N2O4. The number of amides is 1. The Labute approximate surface area is 131 Å². The fourth-order valence-corrected chi connectivity index (χ4v) is 2.66. The van der Waals surface area contributed by atoms with Crippen LogP contribution < -0.4 is 24.8 Å². The third kappa shape index (κ3) is 3.82. The van der Waals surface area contributed by atoms with E-state index in [0.717, 1.165) is 13.0 Å². The van der Waals surface area contributed by atoms with Crippen molar-refractivity contribution in [2.75, 3.05) is 34.4 Å². The van der Waals surface area contributed by atoms with Gasteiger partial charge in [-0.3, -0.25) is 4.79 Å². The second-order valence-electron chi connectivity index (χ2n) is 5.25. The first kappa shape index (κ1) is 16.4. The van der Waals surface area contributed by atoms with Gasteiger partial charge >= 0.3 is 0 Å². The van der Waals surface area contributed by atoms with Gasteiger partial charge in [-0.2, -0.15) is 0 Å². The third-order valence-corrected chi connectivity index (χ3v) is 3.89. The van der Waals surface area contributed by atoms with Crippen molar-refractivity contribution in [3.05, 3.63) is 17.7 Å². The summed E-state index contributed by atoms with van der Waals surface area (Å²) < 4.78 is 15.7. The second kappa shape index (κ2) is 7.89. The average Bonchev–Trinajstić information content (AvgIpc) is 3.06. The molecule has 1 heterocycles. The fraction of sp³-hybridized carbons (Fsp3) is 0.562. The first-order chi connectivity index (χ1) is 10.7. The minimum atomic E-state index is -0.171. The van der Waals surface area contributed by atoms with Crippen LogP contribution in [0.15, 0.2) is 12.1 Å². The SMILES string of the molecule is COc1cc(OC)c(C(=O)NCC[C@H]2CCCN2)cc1OC. The molecular weight excluding hydrogens is 284 g/mol. The molecule has 0 radical (unpaired) electrons. The van der Waals surface area contributed by atoms with Crippen molar-refractivity contribution >= 4 is 5.91 Å². The van der Waals surface area contributed by atoms with E-state index < -0.39 is 0 Å². The Balaban J connectivity index is 2.03. The molecule has 122 valence electrons. The molecule has 1 aromatic carbocycles. The molecule has 6 nitrogen and oxygen atoms in total. The van der Waals surface area contributed by atoms with Crippen LogP contribution in [0.3, 0.4) is 0 Å². The number of hydrogen-bond donors (Lipinski definition) is 2. The number of benzene rings is 1. The van der Waals surface area contributed by atoms with Crippen LogP contribution in [0.4, 0.5) is 0 Å². The van der Waals surface area contributed by atoms with Crippen LogP contribution in [0.25, 0.3) is 0 Å². The van der Waals surface area contributed by atoms with Gasteiger partial charge in [0, 0.05) is 24.7 Å². The molecule has 0 spiro atoms. The van der Waals surface area contributed by atoms with Gasteiger partial charge in [-0.1, -0.05) is 0 Å². The van der Waals surface area contributed by atoms with E-state index in [1.54, 1.807) is 19.2 Å². The summed E-state index contributed by atoms with van der Waals surface area (Å²) in [5.74, 6) is 1.34. The lowest BCUT2D eigenvalue weighted by Gasteiger charge is -2.15. The number of hydrogen-bond acceptors (Lipinski definition) is 5. The molecule has 2 rings (SSSR count). The Bertz CT molecular complexity index is 513. The van der Waals surface area contributed by atoms with Crippen LogP contribution in [0.1, 0.15) is 29.6 Å². The van der Waals surface area contributed by atoms with E-state index in [1.165, 1.54) is 27.1 Å². The number of rotatable bonds is 7. The van der Waals surface area contributed by atoms with E-state index in [2.05, 4.69) is 10.6 Å². The maximum absolute atomic E-state index is 12.4. The maximum Gasteiger partial charge on any atom is 0.255 e. The van der Waals surface area contributed by atoms with Crippen LogP contribution in [0.5, 0.6) is 17.2 Å². The highest BCUT2D eigenvalue weighted by Crippen LogP contribution is 2.34. The zero-order valence-electron chi connectivity index (χ0n) is 13.4. The van der Waals surface area contributed by atoms with Gasteiger partial charge in [0.1, 0.15) is 5.75 Å². The normalized spacial score (nSPS) is 17.1. The molecule has 1 fully saturated rings. The van der Waals surface area contributed by atoms with Crippen molar-refractivity contribution in [2.24, 2.45) is 0 Å². The minimum Gasteiger partial charge on any atom is -0.496 e. The molecule has 1 atom stereocenters. The van der Waals surface area contributed by atoms with Crippen LogP contribution in [-0.2, 0) is 0 Å². The van der Waals surface area contributed by atoms with Gasteiger partial charge in [-0.15, -0.1) is 0 Å². The van der Waals surface area contributed by atoms with E-state index >= 15 is 0 Å². The highest BCUT2D eigenvalue weighted by molar-refractivity contribution is 5.97. The Morgan fingerprint density at radius 1 is 1.18 bits per heavy atom. The summed E-state index contributed by atoms with van der Waals surface area (Å²) in [6, 6.07) is 3.81. The summed E-state index contributed by atoms with van der Waals surface area (Å²) in [6.45, 7) is 1.70. The van der Waals surface area contributed by atoms with E-state index in [1.807, 2.05) is 0 Å². The lowest BCUT2D eigenvalue weighted by atomic mass is 10.1. The Hall–Kier alpha value is -1.95. The third-order valence-electron chi connectivity index (χ3n) is 3.89. The Kier molecular flexibility index (Phi) is 5.89. The van der Waals surface area contributed by atoms with E-state index in [0.29, 0.717) is 35.4 Å². The molecule has 0 aliphatic carbocycles. The van der Waals surface area contributed by atoms with Gasteiger partial charge in [0.2, 0.25) is 0 Å². The van der Waals surface area contributed by atoms with Crippen LogP contribution in [-0.4, -0.2) is 46.4 Å². The van der Waals surface area contributed by atoms with Crippen LogP contribution in [0.2, 0.25) is 0 Å². The summed E-state index contributed by atoms with van der Waals surface area (Å²) >= 11 is 0. The summed E-state index contributed by atoms with van der Waals surface area (Å²) in [5, 5.41) is 6.35. The number of methoxy groups -OCH3 is 3. The summed E-state index contributed by atoms with van der Waals surface area (Å²) in [5.41, 5.74) is 0.444. The van der Waals surface area contributed by atoms with Gasteiger partial charge in [0.15, 0.2) is 11.5 Å². The molecule has 1 saturated heterocycles. The van der Waals surface area contributed by atoms with Crippen molar-refractivity contribution in [1.82, 2.24) is 10.6 Å². The second-order valence-corrected chi connectivity index (χ2v) is 5.25. The fourth-order valence-electron chi connectivity index (χ4n) is 2.66. The van der Waals surface area contributed by atoms with Gasteiger partial charge in [-0.25, -0.2) is 0 Å². The minimum absolute atomic E-state index is 0.171. The molecule has 0 saturated carbocycles. The zero-order valence-corrected chi connectivity index (χ0v) is 13.4. The first-order valence-electron chi connectivity index (χ1n) is 7.51. The molecule has 1 amide bonds. The van der Waals surface area contributed by atoms with E-state index in [-0.39, 0.29) is 5.91 Å². The molecule has 22 heavy (non-hydrogen) atoms. The highest BCUT2D eigenvalue weighted by atomic mass is 16.5. The van der Waals surface area contributed by atoms with Crippen molar-refractivity contribution in [1.29, 1.82) is 0 Å². The number of carbonyl (C=O) groups excluding carboxylic acids is 1. The standard InChI is InChI=1S/C16H24N2O4/c1-20-13-10-15(22-3)14(21-2)9-12(13)16(19)18-8-6-11-5-4-7-17-11/h9-11,17H,4-8H2,1-3H3,(H,18,19)/t11-/m1/s1. The smallest absolute Gasteiger partial charge is 0.255 e. The first-order valence-corrected chi connectivity index (χ1v) is 7.51. The van der Waals surface area contributed by atoms with Crippen LogP contribution >= 0.6 is 0 Å². The van der Waals surface area contributed by atoms with Crippen LogP contribution in [0, 0.1) is 0 Å². The van der Waals surface area contributed by atoms with Gasteiger partial charge < -0.3 is 24.8 Å². The lowest BCUT2D eigenvalue weighted by molar-refractivity contribution is 0.0949. The van der Waals surface area contributed by atoms with Crippen molar-refractivity contribution in [2.45, 2.75) is 25.3 Å². The van der Waals surface area contributed by atoms with Gasteiger partial charge in [0.25, 0.3) is 5.91 Å². The monoisotopic (exact) mass is 308 g/mol.